The summed E-state index contributed by atoms with van der Waals surface area (Å²) in [6.07, 6.45) is 2.79. The topological polar surface area (TPSA) is 68.8 Å². The van der Waals surface area contributed by atoms with Gasteiger partial charge < -0.3 is 14.3 Å². The number of rotatable bonds is 5. The second-order valence-electron chi connectivity index (χ2n) is 4.28. The van der Waals surface area contributed by atoms with Crippen LogP contribution in [0.2, 0.25) is 0 Å². The van der Waals surface area contributed by atoms with Gasteiger partial charge in [-0.15, -0.1) is 10.2 Å². The Morgan fingerprint density at radius 1 is 1.32 bits per heavy atom. The zero-order valence-corrected chi connectivity index (χ0v) is 10.7. The van der Waals surface area contributed by atoms with Crippen LogP contribution in [-0.2, 0) is 13.1 Å². The third-order valence-electron chi connectivity index (χ3n) is 2.85. The number of para-hydroxylation sites is 2. The van der Waals surface area contributed by atoms with E-state index in [1.54, 1.807) is 6.33 Å². The largest absolute Gasteiger partial charge is 0.424 e. The molecule has 1 aromatic carbocycles. The van der Waals surface area contributed by atoms with Crippen LogP contribution in [0.5, 0.6) is 0 Å². The van der Waals surface area contributed by atoms with Gasteiger partial charge in [-0.1, -0.05) is 19.1 Å². The lowest BCUT2D eigenvalue weighted by Gasteiger charge is -2.04. The van der Waals surface area contributed by atoms with Crippen molar-refractivity contribution >= 4 is 17.1 Å². The molecule has 0 saturated carbocycles. The van der Waals surface area contributed by atoms with Crippen molar-refractivity contribution in [1.29, 1.82) is 0 Å². The molecule has 0 saturated heterocycles. The lowest BCUT2D eigenvalue weighted by molar-refractivity contribution is 0.603. The number of oxazole rings is 1. The highest BCUT2D eigenvalue weighted by molar-refractivity contribution is 5.74. The molecule has 2 heterocycles. The highest BCUT2D eigenvalue weighted by Gasteiger charge is 2.07. The van der Waals surface area contributed by atoms with Crippen LogP contribution in [0.25, 0.3) is 11.1 Å². The maximum absolute atomic E-state index is 5.59. The summed E-state index contributed by atoms with van der Waals surface area (Å²) in [6, 6.07) is 8.19. The summed E-state index contributed by atoms with van der Waals surface area (Å²) in [4.78, 5) is 4.35. The summed E-state index contributed by atoms with van der Waals surface area (Å²) >= 11 is 0. The first-order valence-electron chi connectivity index (χ1n) is 6.33. The molecule has 0 spiro atoms. The number of hydrogen-bond donors (Lipinski definition) is 1. The Hall–Kier alpha value is -2.37. The van der Waals surface area contributed by atoms with Gasteiger partial charge in [0, 0.05) is 6.54 Å². The highest BCUT2D eigenvalue weighted by Crippen LogP contribution is 2.18. The standard InChI is InChI=1S/C13H15N5O/c1-2-7-18-9-15-17-12(18)8-14-13-16-10-5-3-4-6-11(10)19-13/h3-6,9H,2,7-8H2,1H3,(H,14,16). The first-order valence-corrected chi connectivity index (χ1v) is 6.33. The number of aromatic nitrogens is 4. The molecular formula is C13H15N5O. The number of nitrogens with zero attached hydrogens (tertiary/aromatic N) is 4. The molecule has 6 heteroatoms. The Kier molecular flexibility index (Phi) is 3.14. The molecule has 6 nitrogen and oxygen atoms in total. The molecule has 0 atom stereocenters. The maximum atomic E-state index is 5.59. The molecule has 1 N–H and O–H groups in total. The Labute approximate surface area is 110 Å². The van der Waals surface area contributed by atoms with Gasteiger partial charge in [-0.3, -0.25) is 0 Å². The second-order valence-corrected chi connectivity index (χ2v) is 4.28. The zero-order valence-electron chi connectivity index (χ0n) is 10.7. The van der Waals surface area contributed by atoms with Gasteiger partial charge in [0.25, 0.3) is 6.01 Å². The lowest BCUT2D eigenvalue weighted by Crippen LogP contribution is -2.08. The third kappa shape index (κ3) is 2.42. The molecule has 0 aliphatic rings. The van der Waals surface area contributed by atoms with Crippen molar-refractivity contribution in [3.8, 4) is 0 Å². The summed E-state index contributed by atoms with van der Waals surface area (Å²) in [6.45, 7) is 3.59. The summed E-state index contributed by atoms with van der Waals surface area (Å²) < 4.78 is 7.61. The minimum absolute atomic E-state index is 0.507. The van der Waals surface area contributed by atoms with E-state index in [2.05, 4.69) is 27.4 Å². The van der Waals surface area contributed by atoms with Gasteiger partial charge in [0.2, 0.25) is 0 Å². The van der Waals surface area contributed by atoms with Crippen molar-refractivity contribution in [3.63, 3.8) is 0 Å². The van der Waals surface area contributed by atoms with E-state index in [-0.39, 0.29) is 0 Å². The van der Waals surface area contributed by atoms with Crippen LogP contribution in [-0.4, -0.2) is 19.7 Å². The maximum Gasteiger partial charge on any atom is 0.296 e. The molecule has 0 fully saturated rings. The average Bonchev–Trinajstić information content (AvgIpc) is 3.02. The fraction of sp³-hybridized carbons (Fsp3) is 0.308. The molecular weight excluding hydrogens is 242 g/mol. The minimum atomic E-state index is 0.507. The van der Waals surface area contributed by atoms with E-state index in [0.29, 0.717) is 12.6 Å². The van der Waals surface area contributed by atoms with Gasteiger partial charge in [-0.05, 0) is 18.6 Å². The Morgan fingerprint density at radius 3 is 3.05 bits per heavy atom. The van der Waals surface area contributed by atoms with Crippen molar-refractivity contribution in [3.05, 3.63) is 36.4 Å². The van der Waals surface area contributed by atoms with Gasteiger partial charge >= 0.3 is 0 Å². The van der Waals surface area contributed by atoms with Gasteiger partial charge in [0.05, 0.1) is 6.54 Å². The lowest BCUT2D eigenvalue weighted by atomic mass is 10.3. The predicted molar refractivity (Wildman–Crippen MR) is 71.6 cm³/mol. The summed E-state index contributed by atoms with van der Waals surface area (Å²) in [5.41, 5.74) is 1.63. The molecule has 98 valence electrons. The smallest absolute Gasteiger partial charge is 0.296 e. The van der Waals surface area contributed by atoms with Crippen LogP contribution < -0.4 is 5.32 Å². The van der Waals surface area contributed by atoms with E-state index in [1.807, 2.05) is 28.8 Å². The molecule has 0 bridgehead atoms. The van der Waals surface area contributed by atoms with Crippen molar-refractivity contribution < 1.29 is 4.42 Å². The van der Waals surface area contributed by atoms with E-state index in [4.69, 9.17) is 4.42 Å². The van der Waals surface area contributed by atoms with Crippen LogP contribution in [0.3, 0.4) is 0 Å². The van der Waals surface area contributed by atoms with Crippen LogP contribution in [0, 0.1) is 0 Å². The van der Waals surface area contributed by atoms with Crippen molar-refractivity contribution in [2.75, 3.05) is 5.32 Å². The molecule has 0 amide bonds. The Balaban J connectivity index is 1.73. The Morgan fingerprint density at radius 2 is 2.21 bits per heavy atom. The molecule has 0 aliphatic heterocycles. The van der Waals surface area contributed by atoms with E-state index in [0.717, 1.165) is 29.9 Å². The van der Waals surface area contributed by atoms with Crippen molar-refractivity contribution in [1.82, 2.24) is 19.7 Å². The SMILES string of the molecule is CCCn1cnnc1CNc1nc2ccccc2o1. The molecule has 0 radical (unpaired) electrons. The van der Waals surface area contributed by atoms with Gasteiger partial charge in [0.1, 0.15) is 11.8 Å². The van der Waals surface area contributed by atoms with Gasteiger partial charge in [-0.25, -0.2) is 0 Å². The summed E-state index contributed by atoms with van der Waals surface area (Å²) in [5.74, 6) is 0.879. The molecule has 19 heavy (non-hydrogen) atoms. The van der Waals surface area contributed by atoms with E-state index in [9.17, 15) is 0 Å². The first kappa shape index (κ1) is 11.7. The monoisotopic (exact) mass is 257 g/mol. The van der Waals surface area contributed by atoms with Crippen molar-refractivity contribution in [2.45, 2.75) is 26.4 Å². The van der Waals surface area contributed by atoms with E-state index < -0.39 is 0 Å². The number of anilines is 1. The number of benzene rings is 1. The molecule has 3 rings (SSSR count). The minimum Gasteiger partial charge on any atom is -0.424 e. The molecule has 2 aromatic heterocycles. The molecule has 0 aliphatic carbocycles. The van der Waals surface area contributed by atoms with E-state index >= 15 is 0 Å². The van der Waals surface area contributed by atoms with Crippen molar-refractivity contribution in [2.24, 2.45) is 0 Å². The normalized spacial score (nSPS) is 11.0. The van der Waals surface area contributed by atoms with Crippen LogP contribution in [0.4, 0.5) is 6.01 Å². The quantitative estimate of drug-likeness (QED) is 0.760. The first-order chi connectivity index (χ1) is 9.36. The number of aryl methyl sites for hydroxylation is 1. The average molecular weight is 257 g/mol. The number of hydrogen-bond acceptors (Lipinski definition) is 5. The second kappa shape index (κ2) is 5.09. The molecule has 3 aromatic rings. The highest BCUT2D eigenvalue weighted by atomic mass is 16.4. The van der Waals surface area contributed by atoms with Crippen LogP contribution in [0.15, 0.2) is 35.0 Å². The van der Waals surface area contributed by atoms with Gasteiger partial charge in [0.15, 0.2) is 11.4 Å². The van der Waals surface area contributed by atoms with Gasteiger partial charge in [-0.2, -0.15) is 4.98 Å². The predicted octanol–water partition coefficient (Wildman–Crippen LogP) is 2.44. The van der Waals surface area contributed by atoms with Crippen LogP contribution >= 0.6 is 0 Å². The zero-order chi connectivity index (χ0) is 13.1. The fourth-order valence-corrected chi connectivity index (χ4v) is 1.95. The summed E-state index contributed by atoms with van der Waals surface area (Å²) in [5, 5.41) is 11.1. The summed E-state index contributed by atoms with van der Waals surface area (Å²) in [7, 11) is 0. The fourth-order valence-electron chi connectivity index (χ4n) is 1.95. The Bertz CT molecular complexity index is 639. The van der Waals surface area contributed by atoms with E-state index in [1.165, 1.54) is 0 Å². The molecule has 0 unspecified atom stereocenters. The number of nitrogens with one attached hydrogen (secondary N) is 1. The third-order valence-corrected chi connectivity index (χ3v) is 2.85. The van der Waals surface area contributed by atoms with Crippen LogP contribution in [0.1, 0.15) is 19.2 Å². The number of fused-ring (bicyclic) bond motifs is 1.